The van der Waals surface area contributed by atoms with Crippen LogP contribution < -0.4 is 4.90 Å². The van der Waals surface area contributed by atoms with Crippen LogP contribution in [-0.4, -0.2) is 19.4 Å². The standard InChI is InChI=1S/C18H17NO2/c1-13-7-9-15(10-8-13)19(2)12-16(20)18-11-14-5-3-4-6-17(14)21-18/h3-11H,12H2,1-2H3. The summed E-state index contributed by atoms with van der Waals surface area (Å²) < 4.78 is 5.61. The van der Waals surface area contributed by atoms with Crippen molar-refractivity contribution in [1.82, 2.24) is 0 Å². The molecule has 0 fully saturated rings. The first-order chi connectivity index (χ1) is 10.1. The van der Waals surface area contributed by atoms with Crippen molar-refractivity contribution in [2.75, 3.05) is 18.5 Å². The number of fused-ring (bicyclic) bond motifs is 1. The van der Waals surface area contributed by atoms with Crippen LogP contribution in [0.3, 0.4) is 0 Å². The maximum atomic E-state index is 12.3. The molecule has 1 heterocycles. The van der Waals surface area contributed by atoms with Crippen molar-refractivity contribution < 1.29 is 9.21 Å². The van der Waals surface area contributed by atoms with E-state index in [0.29, 0.717) is 12.3 Å². The van der Waals surface area contributed by atoms with Gasteiger partial charge < -0.3 is 9.32 Å². The van der Waals surface area contributed by atoms with Gasteiger partial charge in [-0.25, -0.2) is 0 Å². The molecule has 3 rings (SSSR count). The molecular weight excluding hydrogens is 262 g/mol. The zero-order chi connectivity index (χ0) is 14.8. The molecule has 21 heavy (non-hydrogen) atoms. The van der Waals surface area contributed by atoms with E-state index in [2.05, 4.69) is 0 Å². The Kier molecular flexibility index (Phi) is 3.48. The van der Waals surface area contributed by atoms with Crippen LogP contribution in [0.2, 0.25) is 0 Å². The number of aryl methyl sites for hydroxylation is 1. The second kappa shape index (κ2) is 5.44. The Bertz CT molecular complexity index is 738. The summed E-state index contributed by atoms with van der Waals surface area (Å²) in [6.07, 6.45) is 0. The molecule has 0 atom stereocenters. The van der Waals surface area contributed by atoms with Gasteiger partial charge >= 0.3 is 0 Å². The second-order valence-electron chi connectivity index (χ2n) is 5.26. The third-order valence-corrected chi connectivity index (χ3v) is 3.56. The Hall–Kier alpha value is -2.55. The fourth-order valence-electron chi connectivity index (χ4n) is 2.30. The highest BCUT2D eigenvalue weighted by Gasteiger charge is 2.14. The quantitative estimate of drug-likeness (QED) is 0.675. The average molecular weight is 279 g/mol. The third-order valence-electron chi connectivity index (χ3n) is 3.56. The fourth-order valence-corrected chi connectivity index (χ4v) is 2.30. The summed E-state index contributed by atoms with van der Waals surface area (Å²) in [5, 5.41) is 0.957. The van der Waals surface area contributed by atoms with Crippen LogP contribution in [-0.2, 0) is 0 Å². The summed E-state index contributed by atoms with van der Waals surface area (Å²) in [7, 11) is 1.91. The SMILES string of the molecule is Cc1ccc(N(C)CC(=O)c2cc3ccccc3o2)cc1. The lowest BCUT2D eigenvalue weighted by Gasteiger charge is -2.17. The first-order valence-corrected chi connectivity index (χ1v) is 6.93. The van der Waals surface area contributed by atoms with Crippen LogP contribution in [0.15, 0.2) is 59.0 Å². The van der Waals surface area contributed by atoms with Crippen LogP contribution >= 0.6 is 0 Å². The maximum absolute atomic E-state index is 12.3. The fraction of sp³-hybridized carbons (Fsp3) is 0.167. The van der Waals surface area contributed by atoms with Gasteiger partial charge in [0.1, 0.15) is 5.58 Å². The van der Waals surface area contributed by atoms with Crippen LogP contribution in [0.4, 0.5) is 5.69 Å². The lowest BCUT2D eigenvalue weighted by molar-refractivity contribution is 0.0976. The smallest absolute Gasteiger partial charge is 0.217 e. The Morgan fingerprint density at radius 3 is 2.52 bits per heavy atom. The molecule has 0 saturated carbocycles. The van der Waals surface area contributed by atoms with Gasteiger partial charge in [-0.1, -0.05) is 35.9 Å². The summed E-state index contributed by atoms with van der Waals surface area (Å²) in [6.45, 7) is 2.34. The minimum absolute atomic E-state index is 0.0192. The number of anilines is 1. The van der Waals surface area contributed by atoms with E-state index in [4.69, 9.17) is 4.42 Å². The largest absolute Gasteiger partial charge is 0.453 e. The summed E-state index contributed by atoms with van der Waals surface area (Å²) in [5.41, 5.74) is 2.97. The van der Waals surface area contributed by atoms with Crippen molar-refractivity contribution in [3.05, 3.63) is 65.9 Å². The van der Waals surface area contributed by atoms with Crippen molar-refractivity contribution in [3.8, 4) is 0 Å². The van der Waals surface area contributed by atoms with Gasteiger partial charge in [-0.3, -0.25) is 4.79 Å². The van der Waals surface area contributed by atoms with Gasteiger partial charge in [0, 0.05) is 18.1 Å². The Morgan fingerprint density at radius 2 is 1.81 bits per heavy atom. The number of rotatable bonds is 4. The van der Waals surface area contributed by atoms with E-state index in [-0.39, 0.29) is 5.78 Å². The van der Waals surface area contributed by atoms with E-state index in [1.807, 2.05) is 67.4 Å². The summed E-state index contributed by atoms with van der Waals surface area (Å²) in [4.78, 5) is 14.3. The number of Topliss-reactive ketones (excluding diaryl/α,β-unsaturated/α-hetero) is 1. The second-order valence-corrected chi connectivity index (χ2v) is 5.26. The molecule has 0 N–H and O–H groups in total. The normalized spacial score (nSPS) is 10.8. The van der Waals surface area contributed by atoms with Gasteiger partial charge in [-0.2, -0.15) is 0 Å². The number of likely N-dealkylation sites (N-methyl/N-ethyl adjacent to an activating group) is 1. The monoisotopic (exact) mass is 279 g/mol. The highest BCUT2D eigenvalue weighted by atomic mass is 16.3. The van der Waals surface area contributed by atoms with Gasteiger partial charge in [-0.15, -0.1) is 0 Å². The summed E-state index contributed by atoms with van der Waals surface area (Å²) in [5.74, 6) is 0.393. The van der Waals surface area contributed by atoms with E-state index >= 15 is 0 Å². The molecule has 0 unspecified atom stereocenters. The molecule has 3 aromatic rings. The van der Waals surface area contributed by atoms with Gasteiger partial charge in [0.2, 0.25) is 5.78 Å². The molecular formula is C18H17NO2. The van der Waals surface area contributed by atoms with E-state index in [9.17, 15) is 4.79 Å². The topological polar surface area (TPSA) is 33.5 Å². The van der Waals surface area contributed by atoms with E-state index in [1.54, 1.807) is 6.07 Å². The van der Waals surface area contributed by atoms with E-state index in [1.165, 1.54) is 5.56 Å². The van der Waals surface area contributed by atoms with Crippen molar-refractivity contribution in [3.63, 3.8) is 0 Å². The number of ketones is 1. The molecule has 3 heteroatoms. The van der Waals surface area contributed by atoms with Gasteiger partial charge in [0.25, 0.3) is 0 Å². The lowest BCUT2D eigenvalue weighted by atomic mass is 10.2. The average Bonchev–Trinajstić information content (AvgIpc) is 2.92. The van der Waals surface area contributed by atoms with Gasteiger partial charge in [-0.05, 0) is 31.2 Å². The van der Waals surface area contributed by atoms with Gasteiger partial charge in [0.05, 0.1) is 6.54 Å². The molecule has 0 bridgehead atoms. The highest BCUT2D eigenvalue weighted by molar-refractivity contribution is 6.00. The molecule has 3 nitrogen and oxygen atoms in total. The zero-order valence-corrected chi connectivity index (χ0v) is 12.2. The minimum Gasteiger partial charge on any atom is -0.453 e. The Labute approximate surface area is 123 Å². The van der Waals surface area contributed by atoms with Crippen molar-refractivity contribution in [1.29, 1.82) is 0 Å². The van der Waals surface area contributed by atoms with Crippen molar-refractivity contribution >= 4 is 22.4 Å². The minimum atomic E-state index is -0.0192. The molecule has 1 aromatic heterocycles. The number of hydrogen-bond donors (Lipinski definition) is 0. The number of hydrogen-bond acceptors (Lipinski definition) is 3. The molecule has 0 amide bonds. The Balaban J connectivity index is 1.77. The number of furan rings is 1. The number of para-hydroxylation sites is 1. The molecule has 0 aliphatic carbocycles. The summed E-state index contributed by atoms with van der Waals surface area (Å²) >= 11 is 0. The number of carbonyl (C=O) groups excluding carboxylic acids is 1. The molecule has 106 valence electrons. The first kappa shape index (κ1) is 13.4. The molecule has 0 spiro atoms. The highest BCUT2D eigenvalue weighted by Crippen LogP contribution is 2.20. The lowest BCUT2D eigenvalue weighted by Crippen LogP contribution is -2.25. The van der Waals surface area contributed by atoms with Crippen LogP contribution in [0.5, 0.6) is 0 Å². The number of carbonyl (C=O) groups is 1. The van der Waals surface area contributed by atoms with Crippen LogP contribution in [0.1, 0.15) is 16.1 Å². The van der Waals surface area contributed by atoms with E-state index in [0.717, 1.165) is 16.7 Å². The van der Waals surface area contributed by atoms with Crippen molar-refractivity contribution in [2.45, 2.75) is 6.92 Å². The zero-order valence-electron chi connectivity index (χ0n) is 12.2. The van der Waals surface area contributed by atoms with Crippen LogP contribution in [0, 0.1) is 6.92 Å². The van der Waals surface area contributed by atoms with Crippen LogP contribution in [0.25, 0.3) is 11.0 Å². The predicted molar refractivity (Wildman–Crippen MR) is 85.0 cm³/mol. The third kappa shape index (κ3) is 2.82. The van der Waals surface area contributed by atoms with Crippen molar-refractivity contribution in [2.24, 2.45) is 0 Å². The number of nitrogens with zero attached hydrogens (tertiary/aromatic N) is 1. The molecule has 2 aromatic carbocycles. The molecule has 0 aliphatic heterocycles. The Morgan fingerprint density at radius 1 is 1.10 bits per heavy atom. The molecule has 0 radical (unpaired) electrons. The summed E-state index contributed by atoms with van der Waals surface area (Å²) in [6, 6.07) is 17.6. The van der Waals surface area contributed by atoms with Gasteiger partial charge in [0.15, 0.2) is 5.76 Å². The molecule has 0 aliphatic rings. The first-order valence-electron chi connectivity index (χ1n) is 6.93. The number of benzene rings is 2. The van der Waals surface area contributed by atoms with E-state index < -0.39 is 0 Å². The molecule has 0 saturated heterocycles. The predicted octanol–water partition coefficient (Wildman–Crippen LogP) is 4.06. The maximum Gasteiger partial charge on any atom is 0.217 e.